The van der Waals surface area contributed by atoms with Crippen molar-refractivity contribution < 1.29 is 19.1 Å². The van der Waals surface area contributed by atoms with Gasteiger partial charge >= 0.3 is 5.97 Å². The number of carbonyl (C=O) groups is 2. The lowest BCUT2D eigenvalue weighted by Gasteiger charge is -2.11. The number of anilines is 2. The summed E-state index contributed by atoms with van der Waals surface area (Å²) in [6.45, 7) is 1.97. The van der Waals surface area contributed by atoms with Gasteiger partial charge in [0.25, 0.3) is 0 Å². The molecule has 0 aliphatic rings. The zero-order valence-corrected chi connectivity index (χ0v) is 13.9. The highest BCUT2D eigenvalue weighted by atomic mass is 16.5. The molecule has 1 amide bonds. The van der Waals surface area contributed by atoms with Gasteiger partial charge in [-0.2, -0.15) is 0 Å². The Morgan fingerprint density at radius 3 is 2.38 bits per heavy atom. The van der Waals surface area contributed by atoms with E-state index >= 15 is 0 Å². The second kappa shape index (κ2) is 8.01. The van der Waals surface area contributed by atoms with E-state index in [9.17, 15) is 9.59 Å². The maximum absolute atomic E-state index is 12.0. The lowest BCUT2D eigenvalue weighted by molar-refractivity contribution is -0.114. The Morgan fingerprint density at radius 2 is 1.75 bits per heavy atom. The van der Waals surface area contributed by atoms with Crippen LogP contribution in [0.15, 0.2) is 42.5 Å². The molecule has 0 fully saturated rings. The average molecular weight is 328 g/mol. The van der Waals surface area contributed by atoms with Gasteiger partial charge in [0.05, 0.1) is 26.3 Å². The van der Waals surface area contributed by atoms with E-state index in [0.29, 0.717) is 16.9 Å². The van der Waals surface area contributed by atoms with Crippen molar-refractivity contribution in [1.29, 1.82) is 0 Å². The molecule has 0 unspecified atom stereocenters. The van der Waals surface area contributed by atoms with Crippen LogP contribution in [0.1, 0.15) is 15.9 Å². The number of hydrogen-bond acceptors (Lipinski definition) is 5. The van der Waals surface area contributed by atoms with E-state index in [2.05, 4.69) is 10.6 Å². The minimum absolute atomic E-state index is 0.0808. The number of nitrogens with one attached hydrogen (secondary N) is 2. The summed E-state index contributed by atoms with van der Waals surface area (Å²) < 4.78 is 9.77. The largest absolute Gasteiger partial charge is 0.497 e. The molecule has 6 heteroatoms. The quantitative estimate of drug-likeness (QED) is 0.798. The van der Waals surface area contributed by atoms with Gasteiger partial charge in [-0.3, -0.25) is 4.79 Å². The van der Waals surface area contributed by atoms with Gasteiger partial charge in [0.1, 0.15) is 5.75 Å². The molecule has 24 heavy (non-hydrogen) atoms. The minimum Gasteiger partial charge on any atom is -0.497 e. The van der Waals surface area contributed by atoms with E-state index < -0.39 is 5.97 Å². The molecule has 0 heterocycles. The lowest BCUT2D eigenvalue weighted by atomic mass is 10.1. The Morgan fingerprint density at radius 1 is 1.04 bits per heavy atom. The smallest absolute Gasteiger partial charge is 0.337 e. The van der Waals surface area contributed by atoms with Gasteiger partial charge in [-0.15, -0.1) is 0 Å². The van der Waals surface area contributed by atoms with Crippen molar-refractivity contribution in [2.24, 2.45) is 0 Å². The maximum atomic E-state index is 12.0. The Hall–Kier alpha value is -3.02. The molecule has 0 aliphatic heterocycles. The van der Waals surface area contributed by atoms with Crippen LogP contribution in [0.5, 0.6) is 5.75 Å². The summed E-state index contributed by atoms with van der Waals surface area (Å²) >= 11 is 0. The fourth-order valence-corrected chi connectivity index (χ4v) is 2.11. The highest BCUT2D eigenvalue weighted by Gasteiger charge is 2.09. The molecule has 2 N–H and O–H groups in total. The second-order valence-corrected chi connectivity index (χ2v) is 5.15. The van der Waals surface area contributed by atoms with Crippen molar-refractivity contribution in [1.82, 2.24) is 0 Å². The van der Waals surface area contributed by atoms with Gasteiger partial charge in [-0.25, -0.2) is 4.79 Å². The third-order valence-corrected chi connectivity index (χ3v) is 3.47. The minimum atomic E-state index is -0.416. The Labute approximate surface area is 140 Å². The van der Waals surface area contributed by atoms with Gasteiger partial charge < -0.3 is 20.1 Å². The standard InChI is InChI=1S/C18H20N2O4/c1-12-4-5-13(18(22)24-3)10-16(12)19-11-17(21)20-14-6-8-15(23-2)9-7-14/h4-10,19H,11H2,1-3H3,(H,20,21). The Bertz CT molecular complexity index is 726. The molecule has 2 aromatic rings. The van der Waals surface area contributed by atoms with E-state index in [1.54, 1.807) is 49.6 Å². The first-order chi connectivity index (χ1) is 11.5. The SMILES string of the molecule is COC(=O)c1ccc(C)c(NCC(=O)Nc2ccc(OC)cc2)c1. The molecule has 0 bridgehead atoms. The summed E-state index contributed by atoms with van der Waals surface area (Å²) in [4.78, 5) is 23.6. The number of carbonyl (C=O) groups excluding carboxylic acids is 2. The fourth-order valence-electron chi connectivity index (χ4n) is 2.11. The van der Waals surface area contributed by atoms with Crippen molar-refractivity contribution in [2.75, 3.05) is 31.4 Å². The van der Waals surface area contributed by atoms with E-state index in [0.717, 1.165) is 11.3 Å². The van der Waals surface area contributed by atoms with Crippen LogP contribution < -0.4 is 15.4 Å². The van der Waals surface area contributed by atoms with Crippen LogP contribution >= 0.6 is 0 Å². The first kappa shape index (κ1) is 17.3. The molecule has 2 aromatic carbocycles. The predicted octanol–water partition coefficient (Wildman–Crippen LogP) is 2.84. The highest BCUT2D eigenvalue weighted by molar-refractivity contribution is 5.94. The first-order valence-corrected chi connectivity index (χ1v) is 7.40. The molecule has 0 aromatic heterocycles. The topological polar surface area (TPSA) is 76.7 Å². The van der Waals surface area contributed by atoms with Crippen molar-refractivity contribution in [3.05, 3.63) is 53.6 Å². The van der Waals surface area contributed by atoms with Gasteiger partial charge in [0, 0.05) is 11.4 Å². The maximum Gasteiger partial charge on any atom is 0.337 e. The molecule has 0 saturated carbocycles. The zero-order chi connectivity index (χ0) is 17.5. The Balaban J connectivity index is 1.96. The van der Waals surface area contributed by atoms with Crippen LogP contribution in [0, 0.1) is 6.92 Å². The van der Waals surface area contributed by atoms with Crippen molar-refractivity contribution in [3.8, 4) is 5.75 Å². The summed E-state index contributed by atoms with van der Waals surface area (Å²) in [5, 5.41) is 5.81. The summed E-state index contributed by atoms with van der Waals surface area (Å²) in [6, 6.07) is 12.2. The molecule has 0 saturated heterocycles. The summed E-state index contributed by atoms with van der Waals surface area (Å²) in [7, 11) is 2.92. The molecule has 0 atom stereocenters. The van der Waals surface area contributed by atoms with Crippen LogP contribution in [0.2, 0.25) is 0 Å². The third kappa shape index (κ3) is 4.49. The van der Waals surface area contributed by atoms with E-state index in [4.69, 9.17) is 9.47 Å². The molecule has 126 valence electrons. The first-order valence-electron chi connectivity index (χ1n) is 7.40. The van der Waals surface area contributed by atoms with E-state index in [1.165, 1.54) is 7.11 Å². The predicted molar refractivity (Wildman–Crippen MR) is 92.6 cm³/mol. The average Bonchev–Trinajstić information content (AvgIpc) is 2.61. The van der Waals surface area contributed by atoms with Crippen molar-refractivity contribution in [2.45, 2.75) is 6.92 Å². The number of ether oxygens (including phenoxy) is 2. The Kier molecular flexibility index (Phi) is 5.78. The molecule has 2 rings (SSSR count). The van der Waals surface area contributed by atoms with Crippen LogP contribution in [-0.4, -0.2) is 32.6 Å². The van der Waals surface area contributed by atoms with E-state index in [-0.39, 0.29) is 12.5 Å². The lowest BCUT2D eigenvalue weighted by Crippen LogP contribution is -2.22. The monoisotopic (exact) mass is 328 g/mol. The van der Waals surface area contributed by atoms with Crippen LogP contribution in [0.4, 0.5) is 11.4 Å². The molecule has 6 nitrogen and oxygen atoms in total. The number of methoxy groups -OCH3 is 2. The zero-order valence-electron chi connectivity index (χ0n) is 13.9. The number of aryl methyl sites for hydroxylation is 1. The van der Waals surface area contributed by atoms with Gasteiger partial charge in [0.2, 0.25) is 5.91 Å². The number of amides is 1. The van der Waals surface area contributed by atoms with Crippen molar-refractivity contribution in [3.63, 3.8) is 0 Å². The van der Waals surface area contributed by atoms with Gasteiger partial charge in [-0.05, 0) is 48.9 Å². The summed E-state index contributed by atoms with van der Waals surface area (Å²) in [5.41, 5.74) is 2.76. The highest BCUT2D eigenvalue weighted by Crippen LogP contribution is 2.18. The normalized spacial score (nSPS) is 9.96. The third-order valence-electron chi connectivity index (χ3n) is 3.47. The molecular formula is C18H20N2O4. The van der Waals surface area contributed by atoms with Gasteiger partial charge in [-0.1, -0.05) is 6.07 Å². The molecule has 0 radical (unpaired) electrons. The van der Waals surface area contributed by atoms with Crippen LogP contribution in [0.3, 0.4) is 0 Å². The molecular weight excluding hydrogens is 308 g/mol. The summed E-state index contributed by atoms with van der Waals surface area (Å²) in [5.74, 6) is 0.116. The van der Waals surface area contributed by atoms with Crippen molar-refractivity contribution >= 4 is 23.3 Å². The second-order valence-electron chi connectivity index (χ2n) is 5.15. The molecule has 0 spiro atoms. The fraction of sp³-hybridized carbons (Fsp3) is 0.222. The van der Waals surface area contributed by atoms with Crippen LogP contribution in [-0.2, 0) is 9.53 Å². The summed E-state index contributed by atoms with van der Waals surface area (Å²) in [6.07, 6.45) is 0. The van der Waals surface area contributed by atoms with Crippen LogP contribution in [0.25, 0.3) is 0 Å². The van der Waals surface area contributed by atoms with Gasteiger partial charge in [0.15, 0.2) is 0 Å². The molecule has 0 aliphatic carbocycles. The van der Waals surface area contributed by atoms with E-state index in [1.807, 2.05) is 6.92 Å². The number of benzene rings is 2. The number of hydrogen-bond donors (Lipinski definition) is 2. The number of rotatable bonds is 6. The number of esters is 1.